The molecule has 0 atom stereocenters. The summed E-state index contributed by atoms with van der Waals surface area (Å²) < 4.78 is 7.64. The predicted octanol–water partition coefficient (Wildman–Crippen LogP) is 7.22. The van der Waals surface area contributed by atoms with Gasteiger partial charge in [-0.15, -0.1) is 0 Å². The van der Waals surface area contributed by atoms with Gasteiger partial charge < -0.3 is 9.64 Å². The maximum atomic E-state index is 13.9. The molecule has 9 heteroatoms. The lowest BCUT2D eigenvalue weighted by Gasteiger charge is -2.40. The number of hydrogen-bond donors (Lipinski definition) is 0. The number of nitrogens with zero attached hydrogens (tertiary/aromatic N) is 4. The van der Waals surface area contributed by atoms with Crippen LogP contribution in [0.25, 0.3) is 5.69 Å². The number of amides is 1. The van der Waals surface area contributed by atoms with Crippen molar-refractivity contribution in [2.24, 2.45) is 0 Å². The van der Waals surface area contributed by atoms with Gasteiger partial charge >= 0.3 is 0 Å². The highest BCUT2D eigenvalue weighted by Gasteiger charge is 2.42. The number of ether oxygens (including phenoxy) is 1. The molecule has 7 nitrogen and oxygen atoms in total. The Bertz CT molecular complexity index is 1680. The zero-order chi connectivity index (χ0) is 29.3. The predicted molar refractivity (Wildman–Crippen MR) is 158 cm³/mol. The van der Waals surface area contributed by atoms with Gasteiger partial charge in [0.05, 0.1) is 16.1 Å². The molecule has 4 aromatic rings. The average Bonchev–Trinajstić information content (AvgIpc) is 3.32. The van der Waals surface area contributed by atoms with E-state index in [2.05, 4.69) is 11.2 Å². The van der Waals surface area contributed by atoms with Crippen LogP contribution in [0, 0.1) is 25.2 Å². The molecule has 1 aliphatic heterocycles. The van der Waals surface area contributed by atoms with Crippen LogP contribution in [-0.4, -0.2) is 39.5 Å². The molecule has 1 amide bonds. The summed E-state index contributed by atoms with van der Waals surface area (Å²) in [5, 5.41) is 15.5. The molecule has 5 rings (SSSR count). The number of benzene rings is 3. The number of aromatic nitrogens is 2. The molecule has 0 bridgehead atoms. The maximum absolute atomic E-state index is 13.9. The topological polar surface area (TPSA) is 88.2 Å². The van der Waals surface area contributed by atoms with E-state index in [0.29, 0.717) is 42.4 Å². The van der Waals surface area contributed by atoms with E-state index in [1.165, 1.54) is 4.68 Å². The number of ketones is 1. The number of nitriles is 1. The molecular formula is C32H28Cl2N4O3. The van der Waals surface area contributed by atoms with Crippen molar-refractivity contribution in [2.45, 2.75) is 39.0 Å². The van der Waals surface area contributed by atoms with Gasteiger partial charge in [-0.1, -0.05) is 71.2 Å². The van der Waals surface area contributed by atoms with Crippen LogP contribution in [-0.2, 0) is 10.2 Å². The Labute approximate surface area is 248 Å². The lowest BCUT2D eigenvalue weighted by atomic mass is 9.70. The van der Waals surface area contributed by atoms with Crippen LogP contribution in [0.1, 0.15) is 52.5 Å². The number of carbonyl (C=O) groups is 2. The minimum absolute atomic E-state index is 0.00699. The van der Waals surface area contributed by atoms with Gasteiger partial charge in [0, 0.05) is 18.1 Å². The van der Waals surface area contributed by atoms with Crippen molar-refractivity contribution < 1.29 is 14.3 Å². The Balaban J connectivity index is 1.54. The Kier molecular flexibility index (Phi) is 7.90. The van der Waals surface area contributed by atoms with Gasteiger partial charge in [0.1, 0.15) is 23.2 Å². The smallest absolute Gasteiger partial charge is 0.275 e. The fraction of sp³-hybridized carbons (Fsp3) is 0.250. The Morgan fingerprint density at radius 3 is 2.32 bits per heavy atom. The second-order valence-electron chi connectivity index (χ2n) is 10.3. The molecule has 2 heterocycles. The van der Waals surface area contributed by atoms with Gasteiger partial charge in [-0.05, 0) is 69.0 Å². The van der Waals surface area contributed by atoms with E-state index >= 15 is 0 Å². The summed E-state index contributed by atoms with van der Waals surface area (Å²) in [5.74, 6) is 0.246. The molecule has 1 saturated heterocycles. The molecule has 1 aliphatic rings. The molecule has 0 unspecified atom stereocenters. The summed E-state index contributed by atoms with van der Waals surface area (Å²) >= 11 is 12.7. The normalized spacial score (nSPS) is 14.4. The van der Waals surface area contributed by atoms with Crippen molar-refractivity contribution >= 4 is 34.9 Å². The molecule has 41 heavy (non-hydrogen) atoms. The third-order valence-corrected chi connectivity index (χ3v) is 8.27. The number of halogens is 2. The average molecular weight is 588 g/mol. The van der Waals surface area contributed by atoms with Crippen LogP contribution in [0.3, 0.4) is 0 Å². The molecule has 0 aliphatic carbocycles. The third-order valence-electron chi connectivity index (χ3n) is 7.74. The third kappa shape index (κ3) is 5.33. The minimum atomic E-state index is -0.663. The number of likely N-dealkylation sites (tertiary alicyclic amines) is 1. The fourth-order valence-corrected chi connectivity index (χ4v) is 5.91. The molecule has 0 N–H and O–H groups in total. The minimum Gasteiger partial charge on any atom is -0.437 e. The van der Waals surface area contributed by atoms with Crippen LogP contribution in [0.15, 0.2) is 66.7 Å². The molecule has 0 saturated carbocycles. The number of rotatable bonds is 6. The van der Waals surface area contributed by atoms with Gasteiger partial charge in [-0.3, -0.25) is 9.59 Å². The number of hydrogen-bond acceptors (Lipinski definition) is 5. The summed E-state index contributed by atoms with van der Waals surface area (Å²) in [6.07, 6.45) is 0.936. The zero-order valence-corrected chi connectivity index (χ0v) is 24.5. The summed E-state index contributed by atoms with van der Waals surface area (Å²) in [5.41, 5.74) is 2.55. The van der Waals surface area contributed by atoms with Gasteiger partial charge in [0.2, 0.25) is 5.88 Å². The van der Waals surface area contributed by atoms with Crippen molar-refractivity contribution in [1.82, 2.24) is 14.7 Å². The first-order valence-electron chi connectivity index (χ1n) is 13.2. The summed E-state index contributed by atoms with van der Waals surface area (Å²) in [6, 6.07) is 22.3. The fourth-order valence-electron chi connectivity index (χ4n) is 5.42. The first kappa shape index (κ1) is 28.4. The van der Waals surface area contributed by atoms with E-state index in [0.717, 1.165) is 16.7 Å². The van der Waals surface area contributed by atoms with Crippen LogP contribution >= 0.6 is 23.2 Å². The second-order valence-corrected chi connectivity index (χ2v) is 11.2. The largest absolute Gasteiger partial charge is 0.437 e. The van der Waals surface area contributed by atoms with Gasteiger partial charge in [-0.25, -0.2) is 0 Å². The van der Waals surface area contributed by atoms with E-state index in [-0.39, 0.29) is 27.9 Å². The maximum Gasteiger partial charge on any atom is 0.275 e. The van der Waals surface area contributed by atoms with Crippen molar-refractivity contribution in [2.75, 3.05) is 13.1 Å². The van der Waals surface area contributed by atoms with Crippen molar-refractivity contribution in [3.8, 4) is 23.4 Å². The molecule has 0 spiro atoms. The molecule has 1 fully saturated rings. The first-order valence-corrected chi connectivity index (χ1v) is 14.0. The number of Topliss-reactive ketones (excluding diaryl/α,β-unsaturated/α-hetero) is 1. The molecule has 208 valence electrons. The second kappa shape index (κ2) is 11.4. The lowest BCUT2D eigenvalue weighted by molar-refractivity contribution is -0.124. The van der Waals surface area contributed by atoms with Gasteiger partial charge in [0.25, 0.3) is 5.91 Å². The van der Waals surface area contributed by atoms with Crippen molar-refractivity contribution in [3.05, 3.63) is 105 Å². The van der Waals surface area contributed by atoms with Gasteiger partial charge in [0.15, 0.2) is 5.69 Å². The molecule has 1 aromatic heterocycles. The van der Waals surface area contributed by atoms with Crippen LogP contribution in [0.2, 0.25) is 10.0 Å². The lowest BCUT2D eigenvalue weighted by Crippen LogP contribution is -2.48. The highest BCUT2D eigenvalue weighted by molar-refractivity contribution is 6.35. The Morgan fingerprint density at radius 1 is 1.00 bits per heavy atom. The van der Waals surface area contributed by atoms with Crippen molar-refractivity contribution in [3.63, 3.8) is 0 Å². The first-order chi connectivity index (χ1) is 19.6. The summed E-state index contributed by atoms with van der Waals surface area (Å²) in [6.45, 7) is 6.15. The van der Waals surface area contributed by atoms with Crippen LogP contribution < -0.4 is 4.74 Å². The van der Waals surface area contributed by atoms with E-state index < -0.39 is 11.3 Å². The molecule has 0 radical (unpaired) electrons. The van der Waals surface area contributed by atoms with Crippen molar-refractivity contribution in [1.29, 1.82) is 5.26 Å². The van der Waals surface area contributed by atoms with E-state index in [1.807, 2.05) is 62.4 Å². The van der Waals surface area contributed by atoms with Crippen LogP contribution in [0.4, 0.5) is 0 Å². The van der Waals surface area contributed by atoms with E-state index in [9.17, 15) is 14.9 Å². The summed E-state index contributed by atoms with van der Waals surface area (Å²) in [4.78, 5) is 28.4. The number of carbonyl (C=O) groups excluding carboxylic acids is 2. The van der Waals surface area contributed by atoms with E-state index in [1.54, 1.807) is 30.0 Å². The highest BCUT2D eigenvalue weighted by Crippen LogP contribution is 2.39. The Morgan fingerprint density at radius 2 is 1.71 bits per heavy atom. The SMILES string of the molecule is CC(=O)C1(c2ccccc2)CCN(C(=O)c2nn(-c3ccc(Cl)cc3Cl)c(Oc3ccc(C)cc3C)c2C#N)CC1. The van der Waals surface area contributed by atoms with E-state index in [4.69, 9.17) is 27.9 Å². The van der Waals surface area contributed by atoms with Gasteiger partial charge in [-0.2, -0.15) is 15.0 Å². The highest BCUT2D eigenvalue weighted by atomic mass is 35.5. The zero-order valence-electron chi connectivity index (χ0n) is 22.9. The Hall–Kier alpha value is -4.12. The number of aryl methyl sites for hydroxylation is 2. The monoisotopic (exact) mass is 586 g/mol. The number of piperidine rings is 1. The molecular weight excluding hydrogens is 559 g/mol. The summed E-state index contributed by atoms with van der Waals surface area (Å²) in [7, 11) is 0. The standard InChI is InChI=1S/C32H28Cl2N4O3/c1-20-9-12-28(21(2)17-20)41-31-25(19-35)29(36-38(31)27-11-10-24(33)18-26(27)34)30(40)37-15-13-32(14-16-37,22(3)39)23-7-5-4-6-8-23/h4-12,17-18H,13-16H2,1-3H3. The van der Waals surface area contributed by atoms with Crippen LogP contribution in [0.5, 0.6) is 11.6 Å². The quantitative estimate of drug-likeness (QED) is 0.238. The molecule has 3 aromatic carbocycles.